The Kier molecular flexibility index (Phi) is 5.27. The van der Waals surface area contributed by atoms with Crippen molar-refractivity contribution in [3.8, 4) is 0 Å². The molecule has 1 aromatic heterocycles. The molecule has 1 unspecified atom stereocenters. The maximum atomic E-state index is 13.9. The lowest BCUT2D eigenvalue weighted by Crippen LogP contribution is -2.41. The van der Waals surface area contributed by atoms with Gasteiger partial charge >= 0.3 is 6.03 Å². The number of fused-ring (bicyclic) bond motifs is 1. The number of urea groups is 1. The number of nitrogens with one attached hydrogen (secondary N) is 2. The molecule has 1 saturated carbocycles. The van der Waals surface area contributed by atoms with Crippen LogP contribution in [0, 0.1) is 18.7 Å². The van der Waals surface area contributed by atoms with Gasteiger partial charge in [0.15, 0.2) is 5.82 Å². The zero-order valence-electron chi connectivity index (χ0n) is 16.8. The lowest BCUT2D eigenvalue weighted by Gasteiger charge is -2.25. The molecule has 1 saturated heterocycles. The molecular formula is C19H24FN5O4S. The third-order valence-corrected chi connectivity index (χ3v) is 7.41. The van der Waals surface area contributed by atoms with Gasteiger partial charge in [0, 0.05) is 19.1 Å². The Bertz CT molecular complexity index is 1060. The number of amides is 2. The van der Waals surface area contributed by atoms with E-state index in [1.165, 1.54) is 12.1 Å². The molecule has 1 aromatic carbocycles. The van der Waals surface area contributed by atoms with Crippen molar-refractivity contribution >= 4 is 21.7 Å². The third kappa shape index (κ3) is 3.79. The minimum atomic E-state index is -3.36. The van der Waals surface area contributed by atoms with E-state index < -0.39 is 27.3 Å². The fraction of sp³-hybridized carbons (Fsp3) is 0.526. The second-order valence-electron chi connectivity index (χ2n) is 7.95. The van der Waals surface area contributed by atoms with Crippen LogP contribution in [0.1, 0.15) is 31.5 Å². The SMILES string of the molecule is CCS(=O)(=O)N[C@@H]1CC2CN(C(=O)Nc3ccccc3F)C[C@@]2(c2nc(C)no2)C1. The average molecular weight is 437 g/mol. The molecule has 0 spiro atoms. The molecule has 2 aromatic rings. The molecule has 162 valence electrons. The Labute approximate surface area is 174 Å². The number of benzene rings is 1. The first kappa shape index (κ1) is 20.7. The summed E-state index contributed by atoms with van der Waals surface area (Å²) in [6, 6.07) is 5.28. The standard InChI is InChI=1S/C19H24FN5O4S/c1-3-30(27,28)24-14-8-13-10-25(18(26)22-16-7-5-4-6-15(16)20)11-19(13,9-14)17-21-12(2)23-29-17/h4-7,13-14,24H,3,8-11H2,1-2H3,(H,22,26)/t13?,14-,19+/m1/s1. The zero-order valence-corrected chi connectivity index (χ0v) is 17.6. The van der Waals surface area contributed by atoms with Crippen molar-refractivity contribution in [1.82, 2.24) is 19.8 Å². The normalized spacial score (nSPS) is 26.0. The highest BCUT2D eigenvalue weighted by molar-refractivity contribution is 7.89. The van der Waals surface area contributed by atoms with Crippen LogP contribution in [0.15, 0.2) is 28.8 Å². The van der Waals surface area contributed by atoms with Gasteiger partial charge in [-0.3, -0.25) is 0 Å². The van der Waals surface area contributed by atoms with Crippen LogP contribution in [-0.4, -0.2) is 54.4 Å². The van der Waals surface area contributed by atoms with E-state index in [9.17, 15) is 17.6 Å². The molecule has 3 atom stereocenters. The van der Waals surface area contributed by atoms with E-state index in [4.69, 9.17) is 4.52 Å². The summed E-state index contributed by atoms with van der Waals surface area (Å²) in [5, 5.41) is 6.50. The third-order valence-electron chi connectivity index (χ3n) is 5.96. The van der Waals surface area contributed by atoms with Gasteiger partial charge in [0.05, 0.1) is 16.9 Å². The monoisotopic (exact) mass is 437 g/mol. The summed E-state index contributed by atoms with van der Waals surface area (Å²) in [7, 11) is -3.36. The lowest BCUT2D eigenvalue weighted by molar-refractivity contribution is 0.212. The zero-order chi connectivity index (χ0) is 21.5. The maximum absolute atomic E-state index is 13.9. The summed E-state index contributed by atoms with van der Waals surface area (Å²) in [6.45, 7) is 3.96. The molecule has 9 nitrogen and oxygen atoms in total. The van der Waals surface area contributed by atoms with Crippen molar-refractivity contribution in [2.45, 2.75) is 38.1 Å². The number of para-hydroxylation sites is 1. The van der Waals surface area contributed by atoms with Crippen LogP contribution in [0.25, 0.3) is 0 Å². The minimum Gasteiger partial charge on any atom is -0.339 e. The van der Waals surface area contributed by atoms with Gasteiger partial charge in [0.2, 0.25) is 15.9 Å². The molecule has 30 heavy (non-hydrogen) atoms. The number of aryl methyl sites for hydroxylation is 1. The highest BCUT2D eigenvalue weighted by Crippen LogP contribution is 2.50. The van der Waals surface area contributed by atoms with E-state index in [2.05, 4.69) is 20.2 Å². The summed E-state index contributed by atoms with van der Waals surface area (Å²) < 4.78 is 46.2. The van der Waals surface area contributed by atoms with Crippen molar-refractivity contribution in [3.63, 3.8) is 0 Å². The van der Waals surface area contributed by atoms with Gasteiger partial charge in [0.1, 0.15) is 5.82 Å². The highest BCUT2D eigenvalue weighted by Gasteiger charge is 2.58. The van der Waals surface area contributed by atoms with Gasteiger partial charge in [-0.25, -0.2) is 22.3 Å². The van der Waals surface area contributed by atoms with Crippen LogP contribution in [-0.2, 0) is 15.4 Å². The van der Waals surface area contributed by atoms with E-state index in [1.807, 2.05) is 0 Å². The van der Waals surface area contributed by atoms with Gasteiger partial charge in [-0.15, -0.1) is 0 Å². The van der Waals surface area contributed by atoms with Crippen molar-refractivity contribution in [2.75, 3.05) is 24.2 Å². The van der Waals surface area contributed by atoms with Gasteiger partial charge in [-0.2, -0.15) is 4.98 Å². The summed E-state index contributed by atoms with van der Waals surface area (Å²) >= 11 is 0. The van der Waals surface area contributed by atoms with Crippen LogP contribution in [0.2, 0.25) is 0 Å². The van der Waals surface area contributed by atoms with Crippen molar-refractivity contribution in [1.29, 1.82) is 0 Å². The summed E-state index contributed by atoms with van der Waals surface area (Å²) in [5.41, 5.74) is -0.537. The molecule has 2 N–H and O–H groups in total. The Hall–Kier alpha value is -2.53. The minimum absolute atomic E-state index is 0.00198. The molecule has 11 heteroatoms. The number of carbonyl (C=O) groups excluding carboxylic acids is 1. The maximum Gasteiger partial charge on any atom is 0.321 e. The predicted molar refractivity (Wildman–Crippen MR) is 107 cm³/mol. The number of halogens is 1. The van der Waals surface area contributed by atoms with E-state index in [-0.39, 0.29) is 29.9 Å². The quantitative estimate of drug-likeness (QED) is 0.739. The van der Waals surface area contributed by atoms with Crippen molar-refractivity contribution in [3.05, 3.63) is 41.8 Å². The molecule has 1 aliphatic carbocycles. The molecule has 2 heterocycles. The summed E-state index contributed by atoms with van der Waals surface area (Å²) in [6.07, 6.45) is 0.992. The molecule has 4 rings (SSSR count). The number of hydrogen-bond donors (Lipinski definition) is 2. The average Bonchev–Trinajstić information content (AvgIpc) is 3.36. The number of sulfonamides is 1. The fourth-order valence-electron chi connectivity index (χ4n) is 4.54. The van der Waals surface area contributed by atoms with Gasteiger partial charge in [0.25, 0.3) is 0 Å². The number of anilines is 1. The molecule has 1 aliphatic heterocycles. The van der Waals surface area contributed by atoms with Gasteiger partial charge in [-0.05, 0) is 44.7 Å². The lowest BCUT2D eigenvalue weighted by atomic mass is 9.80. The van der Waals surface area contributed by atoms with Crippen molar-refractivity contribution in [2.24, 2.45) is 5.92 Å². The molecule has 2 fully saturated rings. The van der Waals surface area contributed by atoms with Gasteiger partial charge in [-0.1, -0.05) is 17.3 Å². The van der Waals surface area contributed by atoms with Crippen LogP contribution in [0.4, 0.5) is 14.9 Å². The number of carbonyl (C=O) groups is 1. The van der Waals surface area contributed by atoms with Crippen LogP contribution in [0.3, 0.4) is 0 Å². The van der Waals surface area contributed by atoms with E-state index in [1.54, 1.807) is 30.9 Å². The fourth-order valence-corrected chi connectivity index (χ4v) is 5.39. The molecule has 2 aliphatic rings. The Morgan fingerprint density at radius 2 is 2.17 bits per heavy atom. The number of hydrogen-bond acceptors (Lipinski definition) is 6. The predicted octanol–water partition coefficient (Wildman–Crippen LogP) is 2.02. The largest absolute Gasteiger partial charge is 0.339 e. The van der Waals surface area contributed by atoms with E-state index >= 15 is 0 Å². The Morgan fingerprint density at radius 1 is 1.40 bits per heavy atom. The molecule has 0 radical (unpaired) electrons. The first-order valence-corrected chi connectivity index (χ1v) is 11.5. The second kappa shape index (κ2) is 7.62. The number of likely N-dealkylation sites (tertiary alicyclic amines) is 1. The Balaban J connectivity index is 1.56. The molecule has 2 amide bonds. The summed E-state index contributed by atoms with van der Waals surface area (Å²) in [5.74, 6) is 0.307. The first-order chi connectivity index (χ1) is 14.2. The van der Waals surface area contributed by atoms with E-state index in [0.717, 1.165) is 0 Å². The molecule has 0 bridgehead atoms. The van der Waals surface area contributed by atoms with Crippen LogP contribution < -0.4 is 10.0 Å². The van der Waals surface area contributed by atoms with Gasteiger partial charge < -0.3 is 14.7 Å². The smallest absolute Gasteiger partial charge is 0.321 e. The van der Waals surface area contributed by atoms with Crippen LogP contribution >= 0.6 is 0 Å². The topological polar surface area (TPSA) is 117 Å². The highest BCUT2D eigenvalue weighted by atomic mass is 32.2. The van der Waals surface area contributed by atoms with E-state index in [0.29, 0.717) is 31.1 Å². The molecular weight excluding hydrogens is 413 g/mol. The second-order valence-corrected chi connectivity index (χ2v) is 9.99. The Morgan fingerprint density at radius 3 is 2.83 bits per heavy atom. The number of rotatable bonds is 5. The first-order valence-electron chi connectivity index (χ1n) is 9.83. The summed E-state index contributed by atoms with van der Waals surface area (Å²) in [4.78, 5) is 18.8. The van der Waals surface area contributed by atoms with Crippen molar-refractivity contribution < 1.29 is 22.1 Å². The number of aromatic nitrogens is 2. The van der Waals surface area contributed by atoms with Crippen LogP contribution in [0.5, 0.6) is 0 Å². The number of nitrogens with zero attached hydrogens (tertiary/aromatic N) is 3.